The zero-order valence-electron chi connectivity index (χ0n) is 10.7. The maximum atomic E-state index is 10.3. The minimum atomic E-state index is -0.305. The summed E-state index contributed by atoms with van der Waals surface area (Å²) >= 11 is 3.46. The molecule has 3 nitrogen and oxygen atoms in total. The lowest BCUT2D eigenvalue weighted by atomic mass is 9.90. The number of methoxy groups -OCH3 is 1. The number of halogens is 1. The summed E-state index contributed by atoms with van der Waals surface area (Å²) in [5, 5.41) is 13.7. The van der Waals surface area contributed by atoms with E-state index in [1.165, 1.54) is 0 Å². The number of rotatable bonds is 4. The average Bonchev–Trinajstić information content (AvgIpc) is 2.40. The van der Waals surface area contributed by atoms with E-state index in [0.717, 1.165) is 41.7 Å². The topological polar surface area (TPSA) is 41.5 Å². The minimum Gasteiger partial charge on any atom is -0.496 e. The van der Waals surface area contributed by atoms with E-state index < -0.39 is 0 Å². The minimum absolute atomic E-state index is 0.305. The molecule has 1 saturated heterocycles. The number of piperidine rings is 1. The summed E-state index contributed by atoms with van der Waals surface area (Å²) in [7, 11) is 1.67. The van der Waals surface area contributed by atoms with E-state index >= 15 is 0 Å². The zero-order chi connectivity index (χ0) is 13.0. The number of aliphatic hydroxyl groups excluding tert-OH is 1. The number of aliphatic hydroxyl groups is 1. The van der Waals surface area contributed by atoms with Crippen LogP contribution in [0.5, 0.6) is 5.75 Å². The van der Waals surface area contributed by atoms with Gasteiger partial charge in [0.15, 0.2) is 0 Å². The lowest BCUT2D eigenvalue weighted by Crippen LogP contribution is -2.37. The van der Waals surface area contributed by atoms with Crippen molar-refractivity contribution in [2.24, 2.45) is 5.92 Å². The van der Waals surface area contributed by atoms with Crippen LogP contribution in [0.2, 0.25) is 0 Å². The highest BCUT2D eigenvalue weighted by Crippen LogP contribution is 2.26. The summed E-state index contributed by atoms with van der Waals surface area (Å²) in [4.78, 5) is 0. The van der Waals surface area contributed by atoms with Gasteiger partial charge in [-0.05, 0) is 49.1 Å². The monoisotopic (exact) mass is 313 g/mol. The molecule has 1 heterocycles. The summed E-state index contributed by atoms with van der Waals surface area (Å²) in [6, 6.07) is 5.92. The van der Waals surface area contributed by atoms with Crippen LogP contribution in [0.4, 0.5) is 0 Å². The van der Waals surface area contributed by atoms with Gasteiger partial charge in [0, 0.05) is 17.4 Å². The molecule has 2 N–H and O–H groups in total. The van der Waals surface area contributed by atoms with Crippen molar-refractivity contribution in [3.8, 4) is 5.75 Å². The van der Waals surface area contributed by atoms with Crippen LogP contribution in [0.3, 0.4) is 0 Å². The fourth-order valence-electron chi connectivity index (χ4n) is 2.51. The molecule has 1 aliphatic rings. The SMILES string of the molecule is COc1ccc(Br)cc1CC(O)C1CCCNC1. The summed E-state index contributed by atoms with van der Waals surface area (Å²) in [5.41, 5.74) is 1.06. The second-order valence-electron chi connectivity index (χ2n) is 4.83. The standard InChI is InChI=1S/C14H20BrNO2/c1-18-14-5-4-12(15)7-11(14)8-13(17)10-3-2-6-16-9-10/h4-5,7,10,13,16-17H,2-3,6,8-9H2,1H3. The molecule has 2 atom stereocenters. The van der Waals surface area contributed by atoms with Crippen LogP contribution in [0, 0.1) is 5.92 Å². The molecule has 0 aliphatic carbocycles. The van der Waals surface area contributed by atoms with Crippen molar-refractivity contribution < 1.29 is 9.84 Å². The molecule has 18 heavy (non-hydrogen) atoms. The van der Waals surface area contributed by atoms with Crippen molar-refractivity contribution in [3.63, 3.8) is 0 Å². The lowest BCUT2D eigenvalue weighted by molar-refractivity contribution is 0.0916. The van der Waals surface area contributed by atoms with E-state index in [9.17, 15) is 5.11 Å². The van der Waals surface area contributed by atoms with Crippen LogP contribution >= 0.6 is 15.9 Å². The van der Waals surface area contributed by atoms with Crippen LogP contribution < -0.4 is 10.1 Å². The maximum absolute atomic E-state index is 10.3. The van der Waals surface area contributed by atoms with Crippen LogP contribution in [0.25, 0.3) is 0 Å². The molecular weight excluding hydrogens is 294 g/mol. The Labute approximate surface area is 117 Å². The molecule has 0 spiro atoms. The predicted molar refractivity (Wildman–Crippen MR) is 76.0 cm³/mol. The van der Waals surface area contributed by atoms with Gasteiger partial charge in [-0.25, -0.2) is 0 Å². The van der Waals surface area contributed by atoms with Crippen molar-refractivity contribution in [1.82, 2.24) is 5.32 Å². The van der Waals surface area contributed by atoms with Gasteiger partial charge in [-0.15, -0.1) is 0 Å². The second kappa shape index (κ2) is 6.55. The highest BCUT2D eigenvalue weighted by molar-refractivity contribution is 9.10. The van der Waals surface area contributed by atoms with Gasteiger partial charge in [0.05, 0.1) is 13.2 Å². The predicted octanol–water partition coefficient (Wildman–Crippen LogP) is 2.36. The molecule has 0 radical (unpaired) electrons. The van der Waals surface area contributed by atoms with Gasteiger partial charge in [-0.2, -0.15) is 0 Å². The fourth-order valence-corrected chi connectivity index (χ4v) is 2.91. The van der Waals surface area contributed by atoms with Gasteiger partial charge in [-0.3, -0.25) is 0 Å². The first-order valence-corrected chi connectivity index (χ1v) is 7.21. The highest BCUT2D eigenvalue weighted by atomic mass is 79.9. The first kappa shape index (κ1) is 13.8. The van der Waals surface area contributed by atoms with E-state index in [1.54, 1.807) is 7.11 Å². The van der Waals surface area contributed by atoms with E-state index in [2.05, 4.69) is 21.2 Å². The van der Waals surface area contributed by atoms with Gasteiger partial charge in [0.2, 0.25) is 0 Å². The highest BCUT2D eigenvalue weighted by Gasteiger charge is 2.22. The molecule has 0 amide bonds. The third-order valence-electron chi connectivity index (χ3n) is 3.55. The molecule has 1 fully saturated rings. The van der Waals surface area contributed by atoms with Crippen molar-refractivity contribution in [3.05, 3.63) is 28.2 Å². The molecule has 0 bridgehead atoms. The van der Waals surface area contributed by atoms with Crippen molar-refractivity contribution in [2.45, 2.75) is 25.4 Å². The lowest BCUT2D eigenvalue weighted by Gasteiger charge is -2.27. The third kappa shape index (κ3) is 3.46. The number of hydrogen-bond acceptors (Lipinski definition) is 3. The molecule has 0 aromatic heterocycles. The molecule has 4 heteroatoms. The van der Waals surface area contributed by atoms with Gasteiger partial charge in [0.1, 0.15) is 5.75 Å². The summed E-state index contributed by atoms with van der Waals surface area (Å²) in [6.07, 6.45) is 2.59. The van der Waals surface area contributed by atoms with Crippen LogP contribution in [0.15, 0.2) is 22.7 Å². The quantitative estimate of drug-likeness (QED) is 0.896. The van der Waals surface area contributed by atoms with Crippen LogP contribution in [0.1, 0.15) is 18.4 Å². The molecule has 1 aromatic rings. The summed E-state index contributed by atoms with van der Waals surface area (Å²) in [5.74, 6) is 1.20. The third-order valence-corrected chi connectivity index (χ3v) is 4.04. The van der Waals surface area contributed by atoms with Crippen molar-refractivity contribution >= 4 is 15.9 Å². The van der Waals surface area contributed by atoms with Gasteiger partial charge >= 0.3 is 0 Å². The van der Waals surface area contributed by atoms with E-state index in [0.29, 0.717) is 12.3 Å². The maximum Gasteiger partial charge on any atom is 0.122 e. The summed E-state index contributed by atoms with van der Waals surface area (Å²) in [6.45, 7) is 1.99. The average molecular weight is 314 g/mol. The largest absolute Gasteiger partial charge is 0.496 e. The first-order valence-electron chi connectivity index (χ1n) is 6.42. The normalized spacial score (nSPS) is 21.6. The van der Waals surface area contributed by atoms with E-state index in [4.69, 9.17) is 4.74 Å². The Kier molecular flexibility index (Phi) is 5.03. The Morgan fingerprint density at radius 3 is 3.06 bits per heavy atom. The van der Waals surface area contributed by atoms with Crippen molar-refractivity contribution in [2.75, 3.05) is 20.2 Å². The Bertz CT molecular complexity index is 391. The Morgan fingerprint density at radius 2 is 2.39 bits per heavy atom. The molecule has 1 aromatic carbocycles. The Balaban J connectivity index is 2.05. The molecule has 2 unspecified atom stereocenters. The molecule has 100 valence electrons. The van der Waals surface area contributed by atoms with Gasteiger partial charge in [-0.1, -0.05) is 15.9 Å². The second-order valence-corrected chi connectivity index (χ2v) is 5.75. The fraction of sp³-hybridized carbons (Fsp3) is 0.571. The smallest absolute Gasteiger partial charge is 0.122 e. The Morgan fingerprint density at radius 1 is 1.56 bits per heavy atom. The van der Waals surface area contributed by atoms with Gasteiger partial charge in [0.25, 0.3) is 0 Å². The number of nitrogens with one attached hydrogen (secondary N) is 1. The molecule has 0 saturated carbocycles. The molecule has 1 aliphatic heterocycles. The number of benzene rings is 1. The van der Waals surface area contributed by atoms with E-state index in [1.807, 2.05) is 18.2 Å². The Hall–Kier alpha value is -0.580. The zero-order valence-corrected chi connectivity index (χ0v) is 12.2. The number of ether oxygens (including phenoxy) is 1. The van der Waals surface area contributed by atoms with Gasteiger partial charge < -0.3 is 15.2 Å². The first-order chi connectivity index (χ1) is 8.70. The van der Waals surface area contributed by atoms with Crippen LogP contribution in [-0.2, 0) is 6.42 Å². The van der Waals surface area contributed by atoms with Crippen molar-refractivity contribution in [1.29, 1.82) is 0 Å². The summed E-state index contributed by atoms with van der Waals surface area (Å²) < 4.78 is 6.36. The van der Waals surface area contributed by atoms with Crippen LogP contribution in [-0.4, -0.2) is 31.4 Å². The molecular formula is C14H20BrNO2. The molecule has 2 rings (SSSR count). The van der Waals surface area contributed by atoms with E-state index in [-0.39, 0.29) is 6.10 Å². The number of hydrogen-bond donors (Lipinski definition) is 2.